The first kappa shape index (κ1) is 13.2. The Bertz CT molecular complexity index is 229. The van der Waals surface area contributed by atoms with Crippen LogP contribution < -0.4 is 5.32 Å². The van der Waals surface area contributed by atoms with Crippen LogP contribution >= 0.6 is 0 Å². The van der Waals surface area contributed by atoms with Crippen LogP contribution in [0.2, 0.25) is 0 Å². The van der Waals surface area contributed by atoms with Crippen molar-refractivity contribution in [1.29, 1.82) is 0 Å². The minimum atomic E-state index is 0.159. The van der Waals surface area contributed by atoms with Crippen LogP contribution in [-0.2, 0) is 9.53 Å². The van der Waals surface area contributed by atoms with E-state index < -0.39 is 0 Å². The van der Waals surface area contributed by atoms with E-state index in [-0.39, 0.29) is 12.0 Å². The van der Waals surface area contributed by atoms with Crippen molar-refractivity contribution < 1.29 is 9.53 Å². The number of likely N-dealkylation sites (tertiary alicyclic amines) is 1. The first-order valence-corrected chi connectivity index (χ1v) is 5.99. The summed E-state index contributed by atoms with van der Waals surface area (Å²) in [5, 5.41) is 3.03. The highest BCUT2D eigenvalue weighted by Crippen LogP contribution is 2.12. The van der Waals surface area contributed by atoms with E-state index in [2.05, 4.69) is 11.9 Å². The molecule has 1 rings (SSSR count). The number of rotatable bonds is 6. The highest BCUT2D eigenvalue weighted by molar-refractivity contribution is 5.78. The van der Waals surface area contributed by atoms with E-state index in [4.69, 9.17) is 4.74 Å². The van der Waals surface area contributed by atoms with Crippen LogP contribution in [-0.4, -0.2) is 49.7 Å². The maximum absolute atomic E-state index is 11.8. The van der Waals surface area contributed by atoms with E-state index >= 15 is 0 Å². The SMILES string of the molecule is C=CCNCC(=O)N1CCCC(OCC)C1. The van der Waals surface area contributed by atoms with Crippen molar-refractivity contribution in [3.63, 3.8) is 0 Å². The Hall–Kier alpha value is -0.870. The quantitative estimate of drug-likeness (QED) is 0.538. The van der Waals surface area contributed by atoms with E-state index in [9.17, 15) is 4.79 Å². The molecule has 1 aliphatic rings. The van der Waals surface area contributed by atoms with Gasteiger partial charge in [-0.2, -0.15) is 0 Å². The Labute approximate surface area is 97.6 Å². The Morgan fingerprint density at radius 1 is 1.69 bits per heavy atom. The Morgan fingerprint density at radius 3 is 3.19 bits per heavy atom. The predicted molar refractivity (Wildman–Crippen MR) is 64.3 cm³/mol. The molecule has 1 fully saturated rings. The summed E-state index contributed by atoms with van der Waals surface area (Å²) < 4.78 is 5.56. The number of hydrogen-bond acceptors (Lipinski definition) is 3. The Morgan fingerprint density at radius 2 is 2.50 bits per heavy atom. The topological polar surface area (TPSA) is 41.6 Å². The number of nitrogens with one attached hydrogen (secondary N) is 1. The average molecular weight is 226 g/mol. The molecule has 1 unspecified atom stereocenters. The van der Waals surface area contributed by atoms with E-state index in [1.54, 1.807) is 6.08 Å². The summed E-state index contributed by atoms with van der Waals surface area (Å²) in [6.07, 6.45) is 4.09. The van der Waals surface area contributed by atoms with E-state index in [0.717, 1.165) is 32.5 Å². The summed E-state index contributed by atoms with van der Waals surface area (Å²) in [6, 6.07) is 0. The zero-order valence-electron chi connectivity index (χ0n) is 10.1. The van der Waals surface area contributed by atoms with Crippen molar-refractivity contribution in [2.75, 3.05) is 32.8 Å². The van der Waals surface area contributed by atoms with Gasteiger partial charge in [0.1, 0.15) is 0 Å². The van der Waals surface area contributed by atoms with Crippen LogP contribution in [0.1, 0.15) is 19.8 Å². The first-order valence-electron chi connectivity index (χ1n) is 5.99. The largest absolute Gasteiger partial charge is 0.377 e. The lowest BCUT2D eigenvalue weighted by atomic mass is 10.1. The fourth-order valence-corrected chi connectivity index (χ4v) is 1.93. The lowest BCUT2D eigenvalue weighted by Crippen LogP contribution is -2.46. The number of carbonyl (C=O) groups excluding carboxylic acids is 1. The van der Waals surface area contributed by atoms with Crippen molar-refractivity contribution >= 4 is 5.91 Å². The van der Waals surface area contributed by atoms with Gasteiger partial charge in [-0.25, -0.2) is 0 Å². The zero-order chi connectivity index (χ0) is 11.8. The summed E-state index contributed by atoms with van der Waals surface area (Å²) in [6.45, 7) is 8.98. The van der Waals surface area contributed by atoms with Crippen molar-refractivity contribution in [3.8, 4) is 0 Å². The van der Waals surface area contributed by atoms with Crippen molar-refractivity contribution in [1.82, 2.24) is 10.2 Å². The summed E-state index contributed by atoms with van der Waals surface area (Å²) in [7, 11) is 0. The Balaban J connectivity index is 2.28. The Kier molecular flexibility index (Phi) is 6.11. The third-order valence-electron chi connectivity index (χ3n) is 2.70. The lowest BCUT2D eigenvalue weighted by Gasteiger charge is -2.32. The molecule has 92 valence electrons. The van der Waals surface area contributed by atoms with Crippen LogP contribution in [0.4, 0.5) is 0 Å². The maximum Gasteiger partial charge on any atom is 0.236 e. The third-order valence-corrected chi connectivity index (χ3v) is 2.70. The average Bonchev–Trinajstić information content (AvgIpc) is 2.30. The molecule has 0 aromatic carbocycles. The van der Waals surface area contributed by atoms with Crippen LogP contribution in [0.15, 0.2) is 12.7 Å². The van der Waals surface area contributed by atoms with Gasteiger partial charge >= 0.3 is 0 Å². The second kappa shape index (κ2) is 7.41. The highest BCUT2D eigenvalue weighted by atomic mass is 16.5. The molecule has 1 atom stereocenters. The molecule has 4 nitrogen and oxygen atoms in total. The molecule has 0 aromatic heterocycles. The standard InChI is InChI=1S/C12H22N2O2/c1-3-7-13-9-12(15)14-8-5-6-11(10-14)16-4-2/h3,11,13H,1,4-10H2,2H3. The van der Waals surface area contributed by atoms with Crippen LogP contribution in [0, 0.1) is 0 Å². The van der Waals surface area contributed by atoms with Gasteiger partial charge in [-0.15, -0.1) is 6.58 Å². The van der Waals surface area contributed by atoms with Gasteiger partial charge in [-0.1, -0.05) is 6.08 Å². The second-order valence-electron chi connectivity index (χ2n) is 3.98. The smallest absolute Gasteiger partial charge is 0.236 e. The van der Waals surface area contributed by atoms with Crippen molar-refractivity contribution in [2.24, 2.45) is 0 Å². The molecule has 1 aliphatic heterocycles. The number of ether oxygens (including phenoxy) is 1. The fourth-order valence-electron chi connectivity index (χ4n) is 1.93. The predicted octanol–water partition coefficient (Wildman–Crippen LogP) is 0.789. The molecular formula is C12H22N2O2. The number of amides is 1. The number of hydrogen-bond donors (Lipinski definition) is 1. The molecule has 1 amide bonds. The van der Waals surface area contributed by atoms with E-state index in [1.807, 2.05) is 11.8 Å². The fraction of sp³-hybridized carbons (Fsp3) is 0.750. The zero-order valence-corrected chi connectivity index (χ0v) is 10.1. The van der Waals surface area contributed by atoms with Gasteiger partial charge in [0.05, 0.1) is 12.6 Å². The molecule has 0 saturated carbocycles. The highest BCUT2D eigenvalue weighted by Gasteiger charge is 2.23. The number of nitrogens with zero attached hydrogens (tertiary/aromatic N) is 1. The molecule has 0 bridgehead atoms. The van der Waals surface area contributed by atoms with Gasteiger partial charge in [0.2, 0.25) is 5.91 Å². The summed E-state index contributed by atoms with van der Waals surface area (Å²) >= 11 is 0. The monoisotopic (exact) mass is 226 g/mol. The molecule has 0 aliphatic carbocycles. The van der Waals surface area contributed by atoms with Gasteiger partial charge in [-0.05, 0) is 19.8 Å². The van der Waals surface area contributed by atoms with Crippen molar-refractivity contribution in [3.05, 3.63) is 12.7 Å². The number of carbonyl (C=O) groups is 1. The van der Waals surface area contributed by atoms with Gasteiger partial charge in [0, 0.05) is 26.2 Å². The summed E-state index contributed by atoms with van der Waals surface area (Å²) in [5.74, 6) is 0.159. The molecule has 0 spiro atoms. The number of piperidine rings is 1. The van der Waals surface area contributed by atoms with Crippen molar-refractivity contribution in [2.45, 2.75) is 25.9 Å². The van der Waals surface area contributed by atoms with Crippen LogP contribution in [0.25, 0.3) is 0 Å². The molecule has 1 heterocycles. The van der Waals surface area contributed by atoms with Crippen LogP contribution in [0.3, 0.4) is 0 Å². The first-order chi connectivity index (χ1) is 7.77. The normalized spacial score (nSPS) is 20.8. The van der Waals surface area contributed by atoms with Gasteiger partial charge < -0.3 is 15.0 Å². The summed E-state index contributed by atoms with van der Waals surface area (Å²) in [5.41, 5.74) is 0. The summed E-state index contributed by atoms with van der Waals surface area (Å²) in [4.78, 5) is 13.7. The molecule has 16 heavy (non-hydrogen) atoms. The lowest BCUT2D eigenvalue weighted by molar-refractivity contribution is -0.134. The minimum absolute atomic E-state index is 0.159. The minimum Gasteiger partial charge on any atom is -0.377 e. The molecule has 0 aromatic rings. The molecule has 1 saturated heterocycles. The molecule has 1 N–H and O–H groups in total. The van der Waals surface area contributed by atoms with E-state index in [1.165, 1.54) is 0 Å². The molecular weight excluding hydrogens is 204 g/mol. The van der Waals surface area contributed by atoms with Gasteiger partial charge in [0.25, 0.3) is 0 Å². The van der Waals surface area contributed by atoms with Gasteiger partial charge in [0.15, 0.2) is 0 Å². The molecule has 4 heteroatoms. The van der Waals surface area contributed by atoms with E-state index in [0.29, 0.717) is 13.1 Å². The van der Waals surface area contributed by atoms with Gasteiger partial charge in [-0.3, -0.25) is 4.79 Å². The second-order valence-corrected chi connectivity index (χ2v) is 3.98. The maximum atomic E-state index is 11.8. The third kappa shape index (κ3) is 4.33. The molecule has 0 radical (unpaired) electrons. The van der Waals surface area contributed by atoms with Crippen LogP contribution in [0.5, 0.6) is 0 Å².